The molecule has 8 heteroatoms. The summed E-state index contributed by atoms with van der Waals surface area (Å²) in [6, 6.07) is 9.95. The maximum atomic E-state index is 5.51. The Labute approximate surface area is 166 Å². The van der Waals surface area contributed by atoms with E-state index in [2.05, 4.69) is 27.2 Å². The third-order valence-electron chi connectivity index (χ3n) is 5.00. The summed E-state index contributed by atoms with van der Waals surface area (Å²) in [6.07, 6.45) is 2.75. The van der Waals surface area contributed by atoms with Crippen molar-refractivity contribution in [2.45, 2.75) is 26.5 Å². The SMILES string of the molecule is CC(=NOCc1nc2c3c4c(sc3ncn2n1)CN(C)CC4)c1ccccc1. The molecule has 142 valence electrons. The van der Waals surface area contributed by atoms with Gasteiger partial charge in [0.2, 0.25) is 0 Å². The Morgan fingerprint density at radius 2 is 2.14 bits per heavy atom. The van der Waals surface area contributed by atoms with Gasteiger partial charge < -0.3 is 9.74 Å². The van der Waals surface area contributed by atoms with E-state index < -0.39 is 0 Å². The first-order chi connectivity index (χ1) is 13.7. The summed E-state index contributed by atoms with van der Waals surface area (Å²) in [6.45, 7) is 4.18. The van der Waals surface area contributed by atoms with Gasteiger partial charge in [-0.3, -0.25) is 0 Å². The average Bonchev–Trinajstić information content (AvgIpc) is 3.28. The van der Waals surface area contributed by atoms with Gasteiger partial charge in [0.05, 0.1) is 11.1 Å². The lowest BCUT2D eigenvalue weighted by Gasteiger charge is -2.21. The molecule has 0 spiro atoms. The van der Waals surface area contributed by atoms with Crippen LogP contribution < -0.4 is 0 Å². The molecule has 0 fully saturated rings. The monoisotopic (exact) mass is 392 g/mol. The first kappa shape index (κ1) is 17.3. The second-order valence-corrected chi connectivity index (χ2v) is 8.11. The second kappa shape index (κ2) is 6.96. The van der Waals surface area contributed by atoms with Crippen LogP contribution in [0, 0.1) is 0 Å². The smallest absolute Gasteiger partial charge is 0.192 e. The quantitative estimate of drug-likeness (QED) is 0.394. The van der Waals surface area contributed by atoms with Crippen molar-refractivity contribution in [3.63, 3.8) is 0 Å². The number of likely N-dealkylation sites (N-methyl/N-ethyl adjacent to an activating group) is 1. The van der Waals surface area contributed by atoms with Crippen LogP contribution in [0.15, 0.2) is 41.8 Å². The summed E-state index contributed by atoms with van der Waals surface area (Å²) in [7, 11) is 2.15. The van der Waals surface area contributed by atoms with E-state index in [4.69, 9.17) is 9.82 Å². The molecule has 1 aliphatic rings. The van der Waals surface area contributed by atoms with Crippen LogP contribution in [0.1, 0.15) is 28.8 Å². The zero-order chi connectivity index (χ0) is 19.1. The van der Waals surface area contributed by atoms with Crippen molar-refractivity contribution in [1.29, 1.82) is 0 Å². The lowest BCUT2D eigenvalue weighted by atomic mass is 10.1. The Morgan fingerprint density at radius 1 is 1.29 bits per heavy atom. The molecule has 0 aliphatic carbocycles. The third-order valence-corrected chi connectivity index (χ3v) is 6.12. The number of oxime groups is 1. The van der Waals surface area contributed by atoms with Crippen LogP contribution >= 0.6 is 11.3 Å². The molecular formula is C20H20N6OS. The molecule has 1 aromatic carbocycles. The predicted molar refractivity (Wildman–Crippen MR) is 110 cm³/mol. The highest BCUT2D eigenvalue weighted by Crippen LogP contribution is 2.35. The molecular weight excluding hydrogens is 372 g/mol. The van der Waals surface area contributed by atoms with Gasteiger partial charge in [-0.1, -0.05) is 35.5 Å². The zero-order valence-electron chi connectivity index (χ0n) is 15.8. The summed E-state index contributed by atoms with van der Waals surface area (Å²) in [5.74, 6) is 0.604. The van der Waals surface area contributed by atoms with Crippen LogP contribution in [-0.2, 0) is 24.4 Å². The van der Waals surface area contributed by atoms with E-state index in [0.29, 0.717) is 5.82 Å². The topological polar surface area (TPSA) is 67.9 Å². The lowest BCUT2D eigenvalue weighted by Crippen LogP contribution is -2.25. The number of hydrogen-bond donors (Lipinski definition) is 0. The molecule has 3 aromatic heterocycles. The molecule has 0 atom stereocenters. The van der Waals surface area contributed by atoms with Crippen molar-refractivity contribution in [2.24, 2.45) is 5.16 Å². The Morgan fingerprint density at radius 3 is 3.00 bits per heavy atom. The van der Waals surface area contributed by atoms with E-state index in [0.717, 1.165) is 46.6 Å². The minimum absolute atomic E-state index is 0.225. The van der Waals surface area contributed by atoms with E-state index in [1.54, 1.807) is 22.2 Å². The Bertz CT molecular complexity index is 1180. The fraction of sp³-hybridized carbons (Fsp3) is 0.300. The van der Waals surface area contributed by atoms with Crippen LogP contribution in [-0.4, -0.2) is 43.8 Å². The van der Waals surface area contributed by atoms with Crippen molar-refractivity contribution >= 4 is 32.9 Å². The van der Waals surface area contributed by atoms with Gasteiger partial charge in [-0.2, -0.15) is 0 Å². The largest absolute Gasteiger partial charge is 0.387 e. The molecule has 5 rings (SSSR count). The summed E-state index contributed by atoms with van der Waals surface area (Å²) >= 11 is 1.76. The van der Waals surface area contributed by atoms with E-state index in [1.807, 2.05) is 37.3 Å². The van der Waals surface area contributed by atoms with Gasteiger partial charge >= 0.3 is 0 Å². The van der Waals surface area contributed by atoms with Crippen LogP contribution in [0.4, 0.5) is 0 Å². The molecule has 0 saturated carbocycles. The van der Waals surface area contributed by atoms with E-state index >= 15 is 0 Å². The molecule has 0 saturated heterocycles. The molecule has 0 unspecified atom stereocenters. The molecule has 28 heavy (non-hydrogen) atoms. The number of aromatic nitrogens is 4. The van der Waals surface area contributed by atoms with Gasteiger partial charge in [-0.25, -0.2) is 14.5 Å². The van der Waals surface area contributed by atoms with E-state index in [1.165, 1.54) is 10.4 Å². The predicted octanol–water partition coefficient (Wildman–Crippen LogP) is 3.27. The summed E-state index contributed by atoms with van der Waals surface area (Å²) < 4.78 is 1.75. The minimum Gasteiger partial charge on any atom is -0.387 e. The van der Waals surface area contributed by atoms with Crippen molar-refractivity contribution in [3.8, 4) is 0 Å². The van der Waals surface area contributed by atoms with Crippen molar-refractivity contribution in [1.82, 2.24) is 24.5 Å². The molecule has 0 amide bonds. The van der Waals surface area contributed by atoms with Gasteiger partial charge in [-0.05, 0) is 31.5 Å². The first-order valence-corrected chi connectivity index (χ1v) is 10.1. The van der Waals surface area contributed by atoms with Crippen LogP contribution in [0.5, 0.6) is 0 Å². The zero-order valence-corrected chi connectivity index (χ0v) is 16.6. The number of rotatable bonds is 4. The first-order valence-electron chi connectivity index (χ1n) is 9.24. The molecule has 4 heterocycles. The molecule has 0 radical (unpaired) electrons. The molecule has 0 bridgehead atoms. The summed E-state index contributed by atoms with van der Waals surface area (Å²) in [4.78, 5) is 19.6. The summed E-state index contributed by atoms with van der Waals surface area (Å²) in [5, 5.41) is 9.86. The Balaban J connectivity index is 1.43. The van der Waals surface area contributed by atoms with Crippen molar-refractivity contribution in [3.05, 3.63) is 58.5 Å². The molecule has 0 N–H and O–H groups in total. The number of thiophene rings is 1. The highest BCUT2D eigenvalue weighted by atomic mass is 32.1. The average molecular weight is 392 g/mol. The number of nitrogens with zero attached hydrogens (tertiary/aromatic N) is 6. The normalized spacial score (nSPS) is 15.3. The maximum absolute atomic E-state index is 5.51. The maximum Gasteiger partial charge on any atom is 0.192 e. The Hall–Kier alpha value is -2.84. The van der Waals surface area contributed by atoms with E-state index in [-0.39, 0.29) is 6.61 Å². The van der Waals surface area contributed by atoms with Gasteiger partial charge in [0.25, 0.3) is 0 Å². The van der Waals surface area contributed by atoms with Gasteiger partial charge in [0, 0.05) is 18.0 Å². The molecule has 1 aliphatic heterocycles. The standard InChI is InChI=1S/C20H20N6OS/c1-13(14-6-4-3-5-7-14)24-27-11-17-22-19-18-15-8-9-25(2)10-16(15)28-20(18)21-12-26(19)23-17/h3-7,12H,8-11H2,1-2H3. The lowest BCUT2D eigenvalue weighted by molar-refractivity contribution is 0.125. The third kappa shape index (κ3) is 3.04. The molecule has 4 aromatic rings. The molecule has 7 nitrogen and oxygen atoms in total. The Kier molecular flexibility index (Phi) is 4.29. The highest BCUT2D eigenvalue weighted by molar-refractivity contribution is 7.19. The van der Waals surface area contributed by atoms with Crippen molar-refractivity contribution in [2.75, 3.05) is 13.6 Å². The summed E-state index contributed by atoms with van der Waals surface area (Å²) in [5.41, 5.74) is 4.08. The second-order valence-electron chi connectivity index (χ2n) is 7.03. The van der Waals surface area contributed by atoms with Gasteiger partial charge in [-0.15, -0.1) is 16.4 Å². The van der Waals surface area contributed by atoms with Gasteiger partial charge in [0.1, 0.15) is 11.2 Å². The highest BCUT2D eigenvalue weighted by Gasteiger charge is 2.22. The van der Waals surface area contributed by atoms with Crippen LogP contribution in [0.2, 0.25) is 0 Å². The minimum atomic E-state index is 0.225. The van der Waals surface area contributed by atoms with Crippen LogP contribution in [0.25, 0.3) is 15.9 Å². The number of hydrogen-bond acceptors (Lipinski definition) is 7. The fourth-order valence-electron chi connectivity index (χ4n) is 3.54. The van der Waals surface area contributed by atoms with Crippen LogP contribution in [0.3, 0.4) is 0 Å². The van der Waals surface area contributed by atoms with Gasteiger partial charge in [0.15, 0.2) is 18.1 Å². The number of fused-ring (bicyclic) bond motifs is 5. The number of benzene rings is 1. The van der Waals surface area contributed by atoms with E-state index in [9.17, 15) is 0 Å². The fourth-order valence-corrected chi connectivity index (χ4v) is 4.81. The van der Waals surface area contributed by atoms with Crippen molar-refractivity contribution < 1.29 is 4.84 Å².